The third-order valence-electron chi connectivity index (χ3n) is 5.09. The number of ether oxygens (including phenoxy) is 3. The molecule has 180 valence electrons. The third kappa shape index (κ3) is 7.57. The van der Waals surface area contributed by atoms with Crippen molar-refractivity contribution in [2.24, 2.45) is 0 Å². The Hall–Kier alpha value is -4.39. The molecule has 0 heterocycles. The number of likely N-dealkylation sites (N-methyl/N-ethyl adjacent to an activating group) is 1. The predicted molar refractivity (Wildman–Crippen MR) is 133 cm³/mol. The van der Waals surface area contributed by atoms with Crippen LogP contribution in [0.25, 0.3) is 6.08 Å². The molecule has 0 saturated heterocycles. The molecule has 7 heteroatoms. The smallest absolute Gasteiger partial charge is 0.337 e. The van der Waals surface area contributed by atoms with E-state index in [1.54, 1.807) is 56.6 Å². The second-order valence-corrected chi connectivity index (χ2v) is 7.85. The summed E-state index contributed by atoms with van der Waals surface area (Å²) in [6.07, 6.45) is 3.24. The van der Waals surface area contributed by atoms with Crippen LogP contribution in [0.1, 0.15) is 31.8 Å². The molecule has 0 atom stereocenters. The molecule has 0 bridgehead atoms. The van der Waals surface area contributed by atoms with Gasteiger partial charge in [0.15, 0.2) is 12.4 Å². The number of amides is 1. The first-order valence-corrected chi connectivity index (χ1v) is 10.9. The number of ketones is 1. The number of esters is 1. The lowest BCUT2D eigenvalue weighted by Crippen LogP contribution is -2.27. The average molecular weight is 474 g/mol. The molecular formula is C28H27NO6. The molecule has 1 amide bonds. The summed E-state index contributed by atoms with van der Waals surface area (Å²) in [7, 11) is 4.67. The number of benzene rings is 3. The van der Waals surface area contributed by atoms with Crippen molar-refractivity contribution in [3.63, 3.8) is 0 Å². The number of allylic oxidation sites excluding steroid dienone is 1. The molecule has 3 aromatic carbocycles. The van der Waals surface area contributed by atoms with Crippen LogP contribution in [0.4, 0.5) is 0 Å². The third-order valence-corrected chi connectivity index (χ3v) is 5.09. The van der Waals surface area contributed by atoms with Crippen LogP contribution in [0.5, 0.6) is 11.5 Å². The van der Waals surface area contributed by atoms with Crippen LogP contribution in [0.3, 0.4) is 0 Å². The fourth-order valence-electron chi connectivity index (χ4n) is 2.95. The Bertz CT molecular complexity index is 1180. The zero-order chi connectivity index (χ0) is 25.2. The Morgan fingerprint density at radius 3 is 1.94 bits per heavy atom. The average Bonchev–Trinajstić information content (AvgIpc) is 2.89. The molecule has 0 saturated carbocycles. The van der Waals surface area contributed by atoms with E-state index in [0.717, 1.165) is 11.1 Å². The van der Waals surface area contributed by atoms with Crippen LogP contribution in [-0.2, 0) is 16.1 Å². The van der Waals surface area contributed by atoms with Gasteiger partial charge in [-0.15, -0.1) is 0 Å². The summed E-state index contributed by atoms with van der Waals surface area (Å²) in [4.78, 5) is 37.0. The van der Waals surface area contributed by atoms with Crippen molar-refractivity contribution in [3.05, 3.63) is 101 Å². The van der Waals surface area contributed by atoms with Crippen molar-refractivity contribution in [2.75, 3.05) is 27.8 Å². The van der Waals surface area contributed by atoms with E-state index in [4.69, 9.17) is 14.2 Å². The topological polar surface area (TPSA) is 82.1 Å². The van der Waals surface area contributed by atoms with Crippen LogP contribution in [0, 0.1) is 0 Å². The Balaban J connectivity index is 1.50. The molecule has 3 aromatic rings. The van der Waals surface area contributed by atoms with Gasteiger partial charge in [0, 0.05) is 19.7 Å². The van der Waals surface area contributed by atoms with Crippen molar-refractivity contribution in [3.8, 4) is 11.5 Å². The van der Waals surface area contributed by atoms with E-state index in [-0.39, 0.29) is 24.3 Å². The molecule has 0 aliphatic carbocycles. The van der Waals surface area contributed by atoms with E-state index < -0.39 is 0 Å². The number of methoxy groups -OCH3 is 1. The van der Waals surface area contributed by atoms with Crippen LogP contribution in [0.2, 0.25) is 0 Å². The molecule has 0 aromatic heterocycles. The quantitative estimate of drug-likeness (QED) is 0.246. The maximum absolute atomic E-state index is 12.5. The van der Waals surface area contributed by atoms with Gasteiger partial charge in [-0.2, -0.15) is 0 Å². The van der Waals surface area contributed by atoms with E-state index in [9.17, 15) is 14.4 Å². The Morgan fingerprint density at radius 2 is 1.34 bits per heavy atom. The Kier molecular flexibility index (Phi) is 8.78. The molecule has 7 nitrogen and oxygen atoms in total. The fraction of sp³-hybridized carbons (Fsp3) is 0.179. The lowest BCUT2D eigenvalue weighted by atomic mass is 10.1. The number of hydrogen-bond acceptors (Lipinski definition) is 6. The lowest BCUT2D eigenvalue weighted by molar-refractivity contribution is -0.130. The van der Waals surface area contributed by atoms with Gasteiger partial charge in [-0.05, 0) is 65.7 Å². The molecule has 0 spiro atoms. The SMILES string of the molecule is COC(=O)c1ccc(COc2ccc(/C=C/C(=O)c3ccc(OCC(=O)N(C)C)cc3)cc2)cc1. The number of hydrogen-bond donors (Lipinski definition) is 0. The van der Waals surface area contributed by atoms with Crippen LogP contribution >= 0.6 is 0 Å². The maximum Gasteiger partial charge on any atom is 0.337 e. The first kappa shape index (κ1) is 25.2. The molecular weight excluding hydrogens is 446 g/mol. The number of rotatable bonds is 10. The Morgan fingerprint density at radius 1 is 0.771 bits per heavy atom. The zero-order valence-electron chi connectivity index (χ0n) is 19.9. The van der Waals surface area contributed by atoms with E-state index in [0.29, 0.717) is 29.2 Å². The van der Waals surface area contributed by atoms with Crippen molar-refractivity contribution < 1.29 is 28.6 Å². The highest BCUT2D eigenvalue weighted by Crippen LogP contribution is 2.17. The molecule has 0 radical (unpaired) electrons. The standard InChI is InChI=1S/C28H27NO6/c1-29(2)27(31)19-35-25-15-11-22(12-16-25)26(30)17-8-20-6-13-24(14-7-20)34-18-21-4-9-23(10-5-21)28(32)33-3/h4-17H,18-19H2,1-3H3/b17-8+. The molecule has 0 unspecified atom stereocenters. The van der Waals surface area contributed by atoms with Crippen molar-refractivity contribution in [2.45, 2.75) is 6.61 Å². The minimum absolute atomic E-state index is 0.0540. The van der Waals surface area contributed by atoms with E-state index >= 15 is 0 Å². The largest absolute Gasteiger partial charge is 0.489 e. The fourth-order valence-corrected chi connectivity index (χ4v) is 2.95. The molecule has 0 fully saturated rings. The molecule has 0 aliphatic heterocycles. The van der Waals surface area contributed by atoms with Gasteiger partial charge in [-0.1, -0.05) is 30.3 Å². The van der Waals surface area contributed by atoms with Gasteiger partial charge in [0.2, 0.25) is 0 Å². The summed E-state index contributed by atoms with van der Waals surface area (Å²) in [5.41, 5.74) is 2.79. The van der Waals surface area contributed by atoms with Crippen molar-refractivity contribution >= 4 is 23.7 Å². The van der Waals surface area contributed by atoms with Gasteiger partial charge in [0.25, 0.3) is 5.91 Å². The summed E-state index contributed by atoms with van der Waals surface area (Å²) in [6, 6.07) is 21.1. The summed E-state index contributed by atoms with van der Waals surface area (Å²) in [5.74, 6) is 0.555. The number of nitrogens with zero attached hydrogens (tertiary/aromatic N) is 1. The molecule has 0 N–H and O–H groups in total. The summed E-state index contributed by atoms with van der Waals surface area (Å²) in [6.45, 7) is 0.305. The first-order valence-electron chi connectivity index (χ1n) is 10.9. The maximum atomic E-state index is 12.5. The van der Waals surface area contributed by atoms with Gasteiger partial charge in [-0.3, -0.25) is 9.59 Å². The monoisotopic (exact) mass is 473 g/mol. The summed E-state index contributed by atoms with van der Waals surface area (Å²) in [5, 5.41) is 0. The summed E-state index contributed by atoms with van der Waals surface area (Å²) >= 11 is 0. The van der Waals surface area contributed by atoms with Gasteiger partial charge < -0.3 is 19.1 Å². The second-order valence-electron chi connectivity index (χ2n) is 7.85. The van der Waals surface area contributed by atoms with Crippen molar-refractivity contribution in [1.29, 1.82) is 0 Å². The van der Waals surface area contributed by atoms with Crippen LogP contribution < -0.4 is 9.47 Å². The number of carbonyl (C=O) groups excluding carboxylic acids is 3. The zero-order valence-corrected chi connectivity index (χ0v) is 19.9. The summed E-state index contributed by atoms with van der Waals surface area (Å²) < 4.78 is 15.9. The van der Waals surface area contributed by atoms with Gasteiger partial charge >= 0.3 is 5.97 Å². The van der Waals surface area contributed by atoms with Crippen LogP contribution in [-0.4, -0.2) is 50.4 Å². The van der Waals surface area contributed by atoms with E-state index in [1.165, 1.54) is 18.1 Å². The minimum Gasteiger partial charge on any atom is -0.489 e. The predicted octanol–water partition coefficient (Wildman–Crippen LogP) is 4.42. The van der Waals surface area contributed by atoms with Crippen molar-refractivity contribution in [1.82, 2.24) is 4.90 Å². The first-order chi connectivity index (χ1) is 16.9. The Labute approximate surface area is 204 Å². The van der Waals surface area contributed by atoms with Gasteiger partial charge in [0.05, 0.1) is 12.7 Å². The lowest BCUT2D eigenvalue weighted by Gasteiger charge is -2.11. The van der Waals surface area contributed by atoms with E-state index in [1.807, 2.05) is 36.4 Å². The van der Waals surface area contributed by atoms with Gasteiger partial charge in [-0.25, -0.2) is 4.79 Å². The van der Waals surface area contributed by atoms with Gasteiger partial charge in [0.1, 0.15) is 18.1 Å². The highest BCUT2D eigenvalue weighted by atomic mass is 16.5. The van der Waals surface area contributed by atoms with E-state index in [2.05, 4.69) is 0 Å². The highest BCUT2D eigenvalue weighted by molar-refractivity contribution is 6.06. The molecule has 3 rings (SSSR count). The second kappa shape index (κ2) is 12.2. The molecule has 0 aliphatic rings. The minimum atomic E-state index is -0.376. The normalized spacial score (nSPS) is 10.6. The number of carbonyl (C=O) groups is 3. The molecule has 35 heavy (non-hydrogen) atoms. The highest BCUT2D eigenvalue weighted by Gasteiger charge is 2.07. The van der Waals surface area contributed by atoms with Crippen LogP contribution in [0.15, 0.2) is 78.9 Å².